The molecular weight excluding hydrogens is 214 g/mol. The Bertz CT molecular complexity index is 371. The Morgan fingerprint density at radius 1 is 1.47 bits per heavy atom. The van der Waals surface area contributed by atoms with E-state index in [1.54, 1.807) is 0 Å². The first-order chi connectivity index (χ1) is 8.13. The topological polar surface area (TPSA) is 41.3 Å². The second kappa shape index (κ2) is 6.57. The van der Waals surface area contributed by atoms with Crippen LogP contribution >= 0.6 is 0 Å². The van der Waals surface area contributed by atoms with Gasteiger partial charge in [-0.1, -0.05) is 6.08 Å². The summed E-state index contributed by atoms with van der Waals surface area (Å²) >= 11 is 0. The SMILES string of the molecule is C=CCN(CCO)Cc1c(C)nn(CC)c1C. The first kappa shape index (κ1) is 13.9. The van der Waals surface area contributed by atoms with E-state index in [0.29, 0.717) is 6.54 Å². The van der Waals surface area contributed by atoms with Crippen molar-refractivity contribution in [2.45, 2.75) is 33.9 Å². The summed E-state index contributed by atoms with van der Waals surface area (Å²) in [4.78, 5) is 2.17. The van der Waals surface area contributed by atoms with E-state index in [1.165, 1.54) is 11.3 Å². The largest absolute Gasteiger partial charge is 0.395 e. The maximum absolute atomic E-state index is 9.03. The summed E-state index contributed by atoms with van der Waals surface area (Å²) in [6, 6.07) is 0. The first-order valence-corrected chi connectivity index (χ1v) is 6.11. The van der Waals surface area contributed by atoms with E-state index in [9.17, 15) is 0 Å². The van der Waals surface area contributed by atoms with Crippen LogP contribution in [0.1, 0.15) is 23.9 Å². The third-order valence-electron chi connectivity index (χ3n) is 3.02. The molecule has 0 aromatic carbocycles. The highest BCUT2D eigenvalue weighted by Gasteiger charge is 2.13. The van der Waals surface area contributed by atoms with Gasteiger partial charge in [0, 0.05) is 37.4 Å². The average molecular weight is 237 g/mol. The van der Waals surface area contributed by atoms with E-state index in [0.717, 1.165) is 25.3 Å². The number of rotatable bonds is 7. The molecule has 4 nitrogen and oxygen atoms in total. The quantitative estimate of drug-likeness (QED) is 0.731. The smallest absolute Gasteiger partial charge is 0.0641 e. The van der Waals surface area contributed by atoms with Gasteiger partial charge in [-0.2, -0.15) is 5.10 Å². The number of hydrogen-bond donors (Lipinski definition) is 1. The Hall–Kier alpha value is -1.13. The summed E-state index contributed by atoms with van der Waals surface area (Å²) in [5.74, 6) is 0. The lowest BCUT2D eigenvalue weighted by Crippen LogP contribution is -2.27. The van der Waals surface area contributed by atoms with E-state index < -0.39 is 0 Å². The number of aryl methyl sites for hydroxylation is 2. The van der Waals surface area contributed by atoms with Gasteiger partial charge in [0.05, 0.1) is 12.3 Å². The van der Waals surface area contributed by atoms with E-state index >= 15 is 0 Å². The van der Waals surface area contributed by atoms with Crippen LogP contribution in [0, 0.1) is 13.8 Å². The molecule has 1 aromatic heterocycles. The lowest BCUT2D eigenvalue weighted by molar-refractivity contribution is 0.203. The zero-order valence-corrected chi connectivity index (χ0v) is 11.1. The minimum Gasteiger partial charge on any atom is -0.395 e. The summed E-state index contributed by atoms with van der Waals surface area (Å²) in [7, 11) is 0. The maximum Gasteiger partial charge on any atom is 0.0641 e. The molecule has 0 spiro atoms. The summed E-state index contributed by atoms with van der Waals surface area (Å²) < 4.78 is 2.02. The Labute approximate surface area is 104 Å². The molecule has 0 bridgehead atoms. The zero-order chi connectivity index (χ0) is 12.8. The van der Waals surface area contributed by atoms with Gasteiger partial charge in [0.15, 0.2) is 0 Å². The molecule has 0 atom stereocenters. The molecular formula is C13H23N3O. The van der Waals surface area contributed by atoms with Crippen molar-refractivity contribution in [2.75, 3.05) is 19.7 Å². The zero-order valence-electron chi connectivity index (χ0n) is 11.1. The number of nitrogens with zero attached hydrogens (tertiary/aromatic N) is 3. The Kier molecular flexibility index (Phi) is 5.38. The third kappa shape index (κ3) is 3.41. The Morgan fingerprint density at radius 2 is 2.18 bits per heavy atom. The number of aliphatic hydroxyl groups is 1. The van der Waals surface area contributed by atoms with E-state index in [1.807, 2.05) is 17.7 Å². The summed E-state index contributed by atoms with van der Waals surface area (Å²) in [5.41, 5.74) is 3.57. The second-order valence-corrected chi connectivity index (χ2v) is 4.21. The molecule has 1 heterocycles. The molecule has 1 N–H and O–H groups in total. The van der Waals surface area contributed by atoms with Crippen molar-refractivity contribution >= 4 is 0 Å². The lowest BCUT2D eigenvalue weighted by Gasteiger charge is -2.19. The lowest BCUT2D eigenvalue weighted by atomic mass is 10.2. The standard InChI is InChI=1S/C13H23N3O/c1-5-7-15(8-9-17)10-13-11(3)14-16(6-2)12(13)4/h5,17H,1,6-10H2,2-4H3. The molecule has 1 rings (SSSR count). The fourth-order valence-electron chi connectivity index (χ4n) is 2.05. The molecule has 0 aliphatic rings. The van der Waals surface area contributed by atoms with Crippen LogP contribution in [0.2, 0.25) is 0 Å². The molecule has 0 unspecified atom stereocenters. The van der Waals surface area contributed by atoms with Crippen molar-refractivity contribution in [3.8, 4) is 0 Å². The molecule has 0 amide bonds. The van der Waals surface area contributed by atoms with Crippen molar-refractivity contribution in [3.63, 3.8) is 0 Å². The van der Waals surface area contributed by atoms with Gasteiger partial charge < -0.3 is 5.11 Å². The van der Waals surface area contributed by atoms with Gasteiger partial charge in [-0.25, -0.2) is 0 Å². The van der Waals surface area contributed by atoms with Gasteiger partial charge in [0.2, 0.25) is 0 Å². The van der Waals surface area contributed by atoms with Gasteiger partial charge in [-0.05, 0) is 20.8 Å². The fourth-order valence-corrected chi connectivity index (χ4v) is 2.05. The average Bonchev–Trinajstić information content (AvgIpc) is 2.57. The maximum atomic E-state index is 9.03. The Balaban J connectivity index is 2.84. The molecule has 17 heavy (non-hydrogen) atoms. The molecule has 0 radical (unpaired) electrons. The van der Waals surface area contributed by atoms with Crippen molar-refractivity contribution in [1.82, 2.24) is 14.7 Å². The van der Waals surface area contributed by atoms with Gasteiger partial charge in [-0.15, -0.1) is 6.58 Å². The molecule has 96 valence electrons. The van der Waals surface area contributed by atoms with Crippen LogP contribution in [0.3, 0.4) is 0 Å². The normalized spacial score (nSPS) is 11.1. The van der Waals surface area contributed by atoms with E-state index in [2.05, 4.69) is 30.4 Å². The molecule has 0 saturated heterocycles. The van der Waals surface area contributed by atoms with Gasteiger partial charge in [0.1, 0.15) is 0 Å². The third-order valence-corrected chi connectivity index (χ3v) is 3.02. The highest BCUT2D eigenvalue weighted by atomic mass is 16.3. The van der Waals surface area contributed by atoms with Gasteiger partial charge >= 0.3 is 0 Å². The van der Waals surface area contributed by atoms with Crippen LogP contribution in [0.15, 0.2) is 12.7 Å². The minimum atomic E-state index is 0.174. The number of aliphatic hydroxyl groups excluding tert-OH is 1. The van der Waals surface area contributed by atoms with Crippen LogP contribution in [-0.4, -0.2) is 39.5 Å². The number of aromatic nitrogens is 2. The Morgan fingerprint density at radius 3 is 2.65 bits per heavy atom. The van der Waals surface area contributed by atoms with Crippen LogP contribution in [0.5, 0.6) is 0 Å². The van der Waals surface area contributed by atoms with Crippen LogP contribution in [0.4, 0.5) is 0 Å². The van der Waals surface area contributed by atoms with Crippen molar-refractivity contribution in [1.29, 1.82) is 0 Å². The first-order valence-electron chi connectivity index (χ1n) is 6.11. The molecule has 0 saturated carbocycles. The molecule has 0 aliphatic heterocycles. The van der Waals surface area contributed by atoms with Crippen molar-refractivity contribution < 1.29 is 5.11 Å². The minimum absolute atomic E-state index is 0.174. The second-order valence-electron chi connectivity index (χ2n) is 4.21. The van der Waals surface area contributed by atoms with Gasteiger partial charge in [0.25, 0.3) is 0 Å². The molecule has 4 heteroatoms. The van der Waals surface area contributed by atoms with E-state index in [-0.39, 0.29) is 6.61 Å². The monoisotopic (exact) mass is 237 g/mol. The van der Waals surface area contributed by atoms with Crippen LogP contribution < -0.4 is 0 Å². The highest BCUT2D eigenvalue weighted by Crippen LogP contribution is 2.15. The van der Waals surface area contributed by atoms with Crippen molar-refractivity contribution in [3.05, 3.63) is 29.6 Å². The van der Waals surface area contributed by atoms with E-state index in [4.69, 9.17) is 5.11 Å². The molecule has 0 fully saturated rings. The van der Waals surface area contributed by atoms with Crippen LogP contribution in [-0.2, 0) is 13.1 Å². The predicted molar refractivity (Wildman–Crippen MR) is 69.9 cm³/mol. The summed E-state index contributed by atoms with van der Waals surface area (Å²) in [6.45, 7) is 13.3. The predicted octanol–water partition coefficient (Wildman–Crippen LogP) is 1.50. The van der Waals surface area contributed by atoms with Crippen LogP contribution in [0.25, 0.3) is 0 Å². The van der Waals surface area contributed by atoms with Gasteiger partial charge in [-0.3, -0.25) is 9.58 Å². The van der Waals surface area contributed by atoms with Crippen molar-refractivity contribution in [2.24, 2.45) is 0 Å². The molecule has 1 aromatic rings. The summed E-state index contributed by atoms with van der Waals surface area (Å²) in [5, 5.41) is 13.5. The number of hydrogen-bond acceptors (Lipinski definition) is 3. The summed E-state index contributed by atoms with van der Waals surface area (Å²) in [6.07, 6.45) is 1.87. The highest BCUT2D eigenvalue weighted by molar-refractivity contribution is 5.24. The molecule has 0 aliphatic carbocycles. The fraction of sp³-hybridized carbons (Fsp3) is 0.615.